The number of aromatic nitrogens is 1. The fourth-order valence-electron chi connectivity index (χ4n) is 2.75. The lowest BCUT2D eigenvalue weighted by Gasteiger charge is -2.16. The Balaban J connectivity index is 2.19. The third-order valence-corrected chi connectivity index (χ3v) is 4.46. The van der Waals surface area contributed by atoms with Gasteiger partial charge in [0.25, 0.3) is 0 Å². The predicted molar refractivity (Wildman–Crippen MR) is 105 cm³/mol. The molecule has 1 aromatic heterocycles. The molecule has 0 bridgehead atoms. The lowest BCUT2D eigenvalue weighted by Crippen LogP contribution is -2.09. The summed E-state index contributed by atoms with van der Waals surface area (Å²) < 4.78 is 6.13. The maximum Gasteiger partial charge on any atom is 0.341 e. The normalized spacial score (nSPS) is 10.7. The molecule has 0 aliphatic rings. The molecule has 0 aliphatic heterocycles. The number of halogens is 1. The van der Waals surface area contributed by atoms with Crippen LogP contribution < -0.4 is 5.32 Å². The number of carbonyl (C=O) groups is 1. The van der Waals surface area contributed by atoms with Crippen molar-refractivity contribution in [2.75, 3.05) is 11.9 Å². The van der Waals surface area contributed by atoms with Crippen LogP contribution in [0.4, 0.5) is 11.4 Å². The Morgan fingerprint density at radius 3 is 2.72 bits per heavy atom. The summed E-state index contributed by atoms with van der Waals surface area (Å²) in [6.45, 7) is 6.21. The van der Waals surface area contributed by atoms with Crippen LogP contribution in [0.2, 0.25) is 0 Å². The van der Waals surface area contributed by atoms with Crippen LogP contribution >= 0.6 is 15.9 Å². The minimum Gasteiger partial charge on any atom is -0.462 e. The Bertz CT molecular complexity index is 954. The summed E-state index contributed by atoms with van der Waals surface area (Å²) in [6, 6.07) is 12.0. The number of ether oxygens (including phenoxy) is 1. The Labute approximate surface area is 155 Å². The van der Waals surface area contributed by atoms with Gasteiger partial charge in [0.15, 0.2) is 0 Å². The zero-order valence-electron chi connectivity index (χ0n) is 14.4. The molecule has 5 heteroatoms. The van der Waals surface area contributed by atoms with Crippen molar-refractivity contribution < 1.29 is 9.53 Å². The van der Waals surface area contributed by atoms with Crippen LogP contribution in [0, 0.1) is 13.8 Å². The molecule has 0 atom stereocenters. The first-order valence-electron chi connectivity index (χ1n) is 8.09. The first kappa shape index (κ1) is 17.4. The van der Waals surface area contributed by atoms with Gasteiger partial charge in [0.1, 0.15) is 5.56 Å². The van der Waals surface area contributed by atoms with E-state index in [-0.39, 0.29) is 5.97 Å². The number of pyridine rings is 1. The highest BCUT2D eigenvalue weighted by atomic mass is 79.9. The van der Waals surface area contributed by atoms with Crippen molar-refractivity contribution in [3.05, 3.63) is 63.8 Å². The molecule has 0 saturated heterocycles. The fraction of sp³-hybridized carbons (Fsp3) is 0.200. The maximum absolute atomic E-state index is 12.4. The van der Waals surface area contributed by atoms with E-state index in [1.165, 1.54) is 5.56 Å². The van der Waals surface area contributed by atoms with Gasteiger partial charge in [-0.15, -0.1) is 0 Å². The molecule has 0 amide bonds. The van der Waals surface area contributed by atoms with Crippen molar-refractivity contribution in [3.63, 3.8) is 0 Å². The Morgan fingerprint density at radius 2 is 2.00 bits per heavy atom. The van der Waals surface area contributed by atoms with Crippen molar-refractivity contribution in [1.29, 1.82) is 0 Å². The number of esters is 1. The van der Waals surface area contributed by atoms with Crippen molar-refractivity contribution in [2.45, 2.75) is 20.8 Å². The SMILES string of the molecule is CCOC(=O)c1cnc2ccc(Br)cc2c1Nc1ccc(C)cc1C. The van der Waals surface area contributed by atoms with E-state index < -0.39 is 0 Å². The zero-order chi connectivity index (χ0) is 18.0. The van der Waals surface area contributed by atoms with Crippen LogP contribution in [0.25, 0.3) is 10.9 Å². The van der Waals surface area contributed by atoms with Gasteiger partial charge in [-0.2, -0.15) is 0 Å². The molecule has 3 rings (SSSR count). The third-order valence-electron chi connectivity index (χ3n) is 3.97. The highest BCUT2D eigenvalue weighted by Gasteiger charge is 2.17. The van der Waals surface area contributed by atoms with Gasteiger partial charge in [-0.1, -0.05) is 33.6 Å². The third kappa shape index (κ3) is 3.66. The first-order chi connectivity index (χ1) is 12.0. The second-order valence-electron chi connectivity index (χ2n) is 5.87. The van der Waals surface area contributed by atoms with Crippen molar-refractivity contribution in [2.24, 2.45) is 0 Å². The monoisotopic (exact) mass is 398 g/mol. The van der Waals surface area contributed by atoms with Gasteiger partial charge in [0, 0.05) is 21.7 Å². The summed E-state index contributed by atoms with van der Waals surface area (Å²) in [5.41, 5.74) is 5.18. The number of hydrogen-bond acceptors (Lipinski definition) is 4. The standard InChI is InChI=1S/C20H19BrN2O2/c1-4-25-20(24)16-11-22-18-8-6-14(21)10-15(18)19(16)23-17-7-5-12(2)9-13(17)3/h5-11H,4H2,1-3H3,(H,22,23). The number of hydrogen-bond donors (Lipinski definition) is 1. The molecule has 3 aromatic rings. The lowest BCUT2D eigenvalue weighted by molar-refractivity contribution is 0.0527. The van der Waals surface area contributed by atoms with Gasteiger partial charge in [-0.3, -0.25) is 4.98 Å². The van der Waals surface area contributed by atoms with Crippen LogP contribution in [0.15, 0.2) is 47.1 Å². The Hall–Kier alpha value is -2.40. The van der Waals surface area contributed by atoms with E-state index in [1.807, 2.05) is 37.3 Å². The quantitative estimate of drug-likeness (QED) is 0.586. The highest BCUT2D eigenvalue weighted by Crippen LogP contribution is 2.32. The Kier molecular flexibility index (Phi) is 5.04. The van der Waals surface area contributed by atoms with Crippen molar-refractivity contribution in [3.8, 4) is 0 Å². The van der Waals surface area contributed by atoms with Gasteiger partial charge >= 0.3 is 5.97 Å². The molecule has 2 aromatic carbocycles. The van der Waals surface area contributed by atoms with E-state index in [1.54, 1.807) is 13.1 Å². The van der Waals surface area contributed by atoms with E-state index in [9.17, 15) is 4.79 Å². The molecular weight excluding hydrogens is 380 g/mol. The zero-order valence-corrected chi connectivity index (χ0v) is 16.0. The molecule has 4 nitrogen and oxygen atoms in total. The molecule has 0 aliphatic carbocycles. The van der Waals surface area contributed by atoms with Gasteiger partial charge < -0.3 is 10.1 Å². The van der Waals surface area contributed by atoms with Crippen LogP contribution in [-0.4, -0.2) is 17.6 Å². The molecule has 0 spiro atoms. The number of rotatable bonds is 4. The minimum atomic E-state index is -0.385. The number of fused-ring (bicyclic) bond motifs is 1. The van der Waals surface area contributed by atoms with E-state index in [4.69, 9.17) is 4.74 Å². The summed E-state index contributed by atoms with van der Waals surface area (Å²) in [5.74, 6) is -0.385. The fourth-order valence-corrected chi connectivity index (χ4v) is 3.11. The van der Waals surface area contributed by atoms with Crippen LogP contribution in [0.1, 0.15) is 28.4 Å². The number of anilines is 2. The molecule has 0 unspecified atom stereocenters. The molecule has 1 heterocycles. The number of benzene rings is 2. The highest BCUT2D eigenvalue weighted by molar-refractivity contribution is 9.10. The maximum atomic E-state index is 12.4. The lowest BCUT2D eigenvalue weighted by atomic mass is 10.1. The average Bonchev–Trinajstić information content (AvgIpc) is 2.57. The van der Waals surface area contributed by atoms with E-state index in [0.29, 0.717) is 17.9 Å². The smallest absolute Gasteiger partial charge is 0.341 e. The second kappa shape index (κ2) is 7.23. The topological polar surface area (TPSA) is 51.2 Å². The minimum absolute atomic E-state index is 0.318. The number of nitrogens with zero attached hydrogens (tertiary/aromatic N) is 1. The second-order valence-corrected chi connectivity index (χ2v) is 6.79. The van der Waals surface area contributed by atoms with Gasteiger partial charge in [0.2, 0.25) is 0 Å². The van der Waals surface area contributed by atoms with Gasteiger partial charge in [-0.05, 0) is 50.6 Å². The number of nitrogens with one attached hydrogen (secondary N) is 1. The molecule has 25 heavy (non-hydrogen) atoms. The summed E-state index contributed by atoms with van der Waals surface area (Å²) in [5, 5.41) is 4.28. The van der Waals surface area contributed by atoms with E-state index >= 15 is 0 Å². The molecule has 0 radical (unpaired) electrons. The average molecular weight is 399 g/mol. The molecule has 0 fully saturated rings. The summed E-state index contributed by atoms with van der Waals surface area (Å²) in [6.07, 6.45) is 1.57. The number of aryl methyl sites for hydroxylation is 2. The molecule has 128 valence electrons. The molecule has 0 saturated carbocycles. The summed E-state index contributed by atoms with van der Waals surface area (Å²) in [4.78, 5) is 16.8. The summed E-state index contributed by atoms with van der Waals surface area (Å²) in [7, 11) is 0. The van der Waals surface area contributed by atoms with Crippen LogP contribution in [-0.2, 0) is 4.74 Å². The van der Waals surface area contributed by atoms with Gasteiger partial charge in [-0.25, -0.2) is 4.79 Å². The van der Waals surface area contributed by atoms with Crippen molar-refractivity contribution in [1.82, 2.24) is 4.98 Å². The summed E-state index contributed by atoms with van der Waals surface area (Å²) >= 11 is 3.50. The number of carbonyl (C=O) groups excluding carboxylic acids is 1. The van der Waals surface area contributed by atoms with Crippen molar-refractivity contribution >= 4 is 44.2 Å². The Morgan fingerprint density at radius 1 is 1.20 bits per heavy atom. The van der Waals surface area contributed by atoms with Gasteiger partial charge in [0.05, 0.1) is 17.8 Å². The van der Waals surface area contributed by atoms with Crippen LogP contribution in [0.5, 0.6) is 0 Å². The van der Waals surface area contributed by atoms with E-state index in [0.717, 1.165) is 26.6 Å². The largest absolute Gasteiger partial charge is 0.462 e. The predicted octanol–water partition coefficient (Wildman–Crippen LogP) is 5.53. The molecular formula is C20H19BrN2O2. The van der Waals surface area contributed by atoms with Crippen LogP contribution in [0.3, 0.4) is 0 Å². The molecule has 1 N–H and O–H groups in total. The van der Waals surface area contributed by atoms with E-state index in [2.05, 4.69) is 39.2 Å². The first-order valence-corrected chi connectivity index (χ1v) is 8.88.